The molecular weight excluding hydrogens is 386 g/mol. The Hall–Kier alpha value is -1.77. The van der Waals surface area contributed by atoms with Crippen molar-refractivity contribution in [2.75, 3.05) is 13.1 Å². The Bertz CT molecular complexity index is 709. The van der Waals surface area contributed by atoms with Crippen LogP contribution in [0, 0.1) is 0 Å². The van der Waals surface area contributed by atoms with Crippen LogP contribution in [0.25, 0.3) is 0 Å². The van der Waals surface area contributed by atoms with E-state index in [1.807, 2.05) is 0 Å². The number of nitrogens with zero attached hydrogens (tertiary/aromatic N) is 1. The number of hydrogen-bond acceptors (Lipinski definition) is 2. The molecule has 0 spiro atoms. The summed E-state index contributed by atoms with van der Waals surface area (Å²) in [5.41, 5.74) is -3.76. The van der Waals surface area contributed by atoms with Crippen LogP contribution in [-0.2, 0) is 12.4 Å². The molecule has 28 heavy (non-hydrogen) atoms. The van der Waals surface area contributed by atoms with E-state index in [-0.39, 0.29) is 18.2 Å². The van der Waals surface area contributed by atoms with Gasteiger partial charge in [-0.15, -0.1) is 0 Å². The number of carbonyl (C=O) groups excluding carboxylic acids is 1. The Balaban J connectivity index is 1.84. The van der Waals surface area contributed by atoms with E-state index in [2.05, 4.69) is 10.2 Å². The number of rotatable bonds is 3. The van der Waals surface area contributed by atoms with Crippen molar-refractivity contribution in [1.29, 1.82) is 0 Å². The van der Waals surface area contributed by atoms with E-state index in [1.54, 1.807) is 0 Å². The Morgan fingerprint density at radius 1 is 0.929 bits per heavy atom. The summed E-state index contributed by atoms with van der Waals surface area (Å²) in [6, 6.07) is 0.900. The van der Waals surface area contributed by atoms with E-state index in [9.17, 15) is 31.1 Å². The minimum absolute atomic E-state index is 0.00768. The van der Waals surface area contributed by atoms with Crippen LogP contribution in [0.4, 0.5) is 26.3 Å². The molecule has 2 aliphatic rings. The summed E-state index contributed by atoms with van der Waals surface area (Å²) in [6.07, 6.45) is -4.54. The molecule has 156 valence electrons. The predicted molar refractivity (Wildman–Crippen MR) is 90.8 cm³/mol. The maximum absolute atomic E-state index is 13.3. The molecule has 1 aromatic rings. The van der Waals surface area contributed by atoms with E-state index in [1.165, 1.54) is 0 Å². The maximum atomic E-state index is 13.3. The van der Waals surface area contributed by atoms with E-state index in [4.69, 9.17) is 0 Å². The SMILES string of the molecule is O=C(NC1CCCCC1N1CCCC1)c1ccc(C(F)(F)F)cc1C(F)(F)F. The lowest BCUT2D eigenvalue weighted by atomic mass is 9.89. The van der Waals surface area contributed by atoms with Crippen LogP contribution < -0.4 is 5.32 Å². The van der Waals surface area contributed by atoms with Crippen molar-refractivity contribution in [2.45, 2.75) is 63.0 Å². The summed E-state index contributed by atoms with van der Waals surface area (Å²) < 4.78 is 78.4. The van der Waals surface area contributed by atoms with Crippen molar-refractivity contribution in [1.82, 2.24) is 10.2 Å². The van der Waals surface area contributed by atoms with Crippen molar-refractivity contribution in [3.63, 3.8) is 0 Å². The average Bonchev–Trinajstić information content (AvgIpc) is 3.14. The zero-order valence-corrected chi connectivity index (χ0v) is 15.2. The molecule has 3 rings (SSSR count). The molecule has 1 saturated carbocycles. The molecule has 1 heterocycles. The number of carbonyl (C=O) groups is 1. The average molecular weight is 408 g/mol. The first-order valence-electron chi connectivity index (χ1n) is 9.41. The molecule has 2 fully saturated rings. The van der Waals surface area contributed by atoms with Crippen LogP contribution in [0.5, 0.6) is 0 Å². The van der Waals surface area contributed by atoms with E-state index >= 15 is 0 Å². The fraction of sp³-hybridized carbons (Fsp3) is 0.632. The Morgan fingerprint density at radius 2 is 1.57 bits per heavy atom. The van der Waals surface area contributed by atoms with Gasteiger partial charge in [0.2, 0.25) is 0 Å². The highest BCUT2D eigenvalue weighted by Gasteiger charge is 2.40. The largest absolute Gasteiger partial charge is 0.417 e. The fourth-order valence-electron chi connectivity index (χ4n) is 4.19. The van der Waals surface area contributed by atoms with Gasteiger partial charge in [0.1, 0.15) is 0 Å². The number of nitrogens with one attached hydrogen (secondary N) is 1. The normalized spacial score (nSPS) is 24.4. The summed E-state index contributed by atoms with van der Waals surface area (Å²) in [6.45, 7) is 1.79. The summed E-state index contributed by atoms with van der Waals surface area (Å²) in [4.78, 5) is 14.8. The van der Waals surface area contributed by atoms with E-state index in [0.717, 1.165) is 45.2 Å². The highest BCUT2D eigenvalue weighted by molar-refractivity contribution is 5.96. The zero-order valence-electron chi connectivity index (χ0n) is 15.2. The van der Waals surface area contributed by atoms with Gasteiger partial charge >= 0.3 is 12.4 Å². The topological polar surface area (TPSA) is 32.3 Å². The van der Waals surface area contributed by atoms with Gasteiger partial charge in [-0.1, -0.05) is 12.8 Å². The van der Waals surface area contributed by atoms with Crippen molar-refractivity contribution < 1.29 is 31.1 Å². The van der Waals surface area contributed by atoms with Gasteiger partial charge in [0.15, 0.2) is 0 Å². The van der Waals surface area contributed by atoms with Crippen LogP contribution in [0.1, 0.15) is 60.0 Å². The molecule has 1 amide bonds. The van der Waals surface area contributed by atoms with Crippen LogP contribution in [0.2, 0.25) is 0 Å². The lowest BCUT2D eigenvalue weighted by Gasteiger charge is -2.38. The first kappa shape index (κ1) is 21.0. The first-order valence-corrected chi connectivity index (χ1v) is 9.41. The van der Waals surface area contributed by atoms with Crippen LogP contribution in [0.15, 0.2) is 18.2 Å². The van der Waals surface area contributed by atoms with Gasteiger partial charge < -0.3 is 5.32 Å². The molecule has 1 aromatic carbocycles. The summed E-state index contributed by atoms with van der Waals surface area (Å²) in [7, 11) is 0. The number of hydrogen-bond donors (Lipinski definition) is 1. The van der Waals surface area contributed by atoms with Crippen molar-refractivity contribution >= 4 is 5.91 Å². The Morgan fingerprint density at radius 3 is 2.18 bits per heavy atom. The molecule has 0 bridgehead atoms. The molecular formula is C19H22F6N2O. The van der Waals surface area contributed by atoms with Gasteiger partial charge in [-0.05, 0) is 57.0 Å². The van der Waals surface area contributed by atoms with Gasteiger partial charge in [0.05, 0.1) is 16.7 Å². The van der Waals surface area contributed by atoms with Crippen molar-refractivity contribution in [3.05, 3.63) is 34.9 Å². The molecule has 0 radical (unpaired) electrons. The zero-order chi connectivity index (χ0) is 20.5. The fourth-order valence-corrected chi connectivity index (χ4v) is 4.19. The highest BCUT2D eigenvalue weighted by Crippen LogP contribution is 2.37. The second-order valence-electron chi connectivity index (χ2n) is 7.43. The molecule has 1 aliphatic carbocycles. The summed E-state index contributed by atoms with van der Waals surface area (Å²) in [5, 5.41) is 2.67. The Labute approximate surface area is 159 Å². The smallest absolute Gasteiger partial charge is 0.348 e. The standard InChI is InChI=1S/C19H22F6N2O/c20-18(21,22)12-7-8-13(14(11-12)19(23,24)25)17(28)26-15-5-1-2-6-16(15)27-9-3-4-10-27/h7-8,11,15-16H,1-6,9-10H2,(H,26,28). The van der Waals surface area contributed by atoms with Gasteiger partial charge in [0.25, 0.3) is 5.91 Å². The van der Waals surface area contributed by atoms with E-state index in [0.29, 0.717) is 18.6 Å². The lowest BCUT2D eigenvalue weighted by molar-refractivity contribution is -0.143. The van der Waals surface area contributed by atoms with Gasteiger partial charge in [-0.3, -0.25) is 9.69 Å². The van der Waals surface area contributed by atoms with Crippen LogP contribution >= 0.6 is 0 Å². The molecule has 2 unspecified atom stereocenters. The summed E-state index contributed by atoms with van der Waals surface area (Å²) in [5.74, 6) is -0.975. The second kappa shape index (κ2) is 7.93. The number of alkyl halides is 6. The number of likely N-dealkylation sites (tertiary alicyclic amines) is 1. The third kappa shape index (κ3) is 4.61. The number of benzene rings is 1. The van der Waals surface area contributed by atoms with E-state index < -0.39 is 35.0 Å². The number of halogens is 6. The van der Waals surface area contributed by atoms with Crippen molar-refractivity contribution in [3.8, 4) is 0 Å². The molecule has 1 saturated heterocycles. The third-order valence-electron chi connectivity index (χ3n) is 5.55. The lowest BCUT2D eigenvalue weighted by Crippen LogP contribution is -2.52. The van der Waals surface area contributed by atoms with Crippen LogP contribution in [0.3, 0.4) is 0 Å². The molecule has 2 atom stereocenters. The predicted octanol–water partition coefficient (Wildman–Crippen LogP) is 4.86. The minimum Gasteiger partial charge on any atom is -0.348 e. The Kier molecular flexibility index (Phi) is 5.93. The van der Waals surface area contributed by atoms with Gasteiger partial charge in [-0.25, -0.2) is 0 Å². The molecule has 1 aliphatic heterocycles. The van der Waals surface area contributed by atoms with Gasteiger partial charge in [0, 0.05) is 12.1 Å². The third-order valence-corrected chi connectivity index (χ3v) is 5.55. The monoisotopic (exact) mass is 408 g/mol. The summed E-state index contributed by atoms with van der Waals surface area (Å²) >= 11 is 0. The maximum Gasteiger partial charge on any atom is 0.417 e. The quantitative estimate of drug-likeness (QED) is 0.725. The molecule has 9 heteroatoms. The molecule has 3 nitrogen and oxygen atoms in total. The first-order chi connectivity index (χ1) is 13.1. The number of amides is 1. The van der Waals surface area contributed by atoms with Crippen molar-refractivity contribution in [2.24, 2.45) is 0 Å². The van der Waals surface area contributed by atoms with Crippen LogP contribution in [-0.4, -0.2) is 36.0 Å². The van der Waals surface area contributed by atoms with Gasteiger partial charge in [-0.2, -0.15) is 26.3 Å². The minimum atomic E-state index is -5.06. The molecule has 1 N–H and O–H groups in total. The molecule has 0 aromatic heterocycles. The highest BCUT2D eigenvalue weighted by atomic mass is 19.4. The second-order valence-corrected chi connectivity index (χ2v) is 7.43.